The molecule has 0 spiro atoms. The second kappa shape index (κ2) is 7.67. The lowest BCUT2D eigenvalue weighted by Crippen LogP contribution is -2.54. The summed E-state index contributed by atoms with van der Waals surface area (Å²) in [6.07, 6.45) is 3.09. The fourth-order valence-electron chi connectivity index (χ4n) is 1.48. The van der Waals surface area contributed by atoms with E-state index >= 15 is 0 Å². The molecule has 0 bridgehead atoms. The first-order valence-electron chi connectivity index (χ1n) is 6.32. The van der Waals surface area contributed by atoms with Crippen LogP contribution < -0.4 is 10.6 Å². The van der Waals surface area contributed by atoms with Gasteiger partial charge in [0.1, 0.15) is 0 Å². The Morgan fingerprint density at radius 1 is 1.41 bits per heavy atom. The molecule has 1 saturated heterocycles. The number of carbonyl (C=O) groups is 1. The van der Waals surface area contributed by atoms with Crippen molar-refractivity contribution in [1.29, 1.82) is 0 Å². The maximum atomic E-state index is 9.96. The lowest BCUT2D eigenvalue weighted by molar-refractivity contribution is -0.109. The zero-order valence-electron chi connectivity index (χ0n) is 11.9. The summed E-state index contributed by atoms with van der Waals surface area (Å²) < 4.78 is 4.94. The molecule has 4 heteroatoms. The minimum absolute atomic E-state index is 0.0417. The summed E-state index contributed by atoms with van der Waals surface area (Å²) in [5, 5.41) is 5.96. The molecule has 0 radical (unpaired) electrons. The van der Waals surface area contributed by atoms with Crippen LogP contribution in [0.15, 0.2) is 0 Å². The van der Waals surface area contributed by atoms with Crippen molar-refractivity contribution in [3.05, 3.63) is 0 Å². The minimum atomic E-state index is 0.0417. The van der Waals surface area contributed by atoms with Crippen molar-refractivity contribution in [2.24, 2.45) is 5.41 Å². The molecule has 1 amide bonds. The molecule has 17 heavy (non-hydrogen) atoms. The van der Waals surface area contributed by atoms with Crippen LogP contribution in [0.2, 0.25) is 0 Å². The monoisotopic (exact) mass is 244 g/mol. The Morgan fingerprint density at radius 2 is 1.94 bits per heavy atom. The van der Waals surface area contributed by atoms with Gasteiger partial charge in [0.25, 0.3) is 0 Å². The summed E-state index contributed by atoms with van der Waals surface area (Å²) in [5.41, 5.74) is 0.524. The quantitative estimate of drug-likeness (QED) is 0.570. The molecule has 1 aliphatic rings. The van der Waals surface area contributed by atoms with Crippen molar-refractivity contribution in [2.75, 3.05) is 26.7 Å². The molecule has 1 heterocycles. The van der Waals surface area contributed by atoms with E-state index in [2.05, 4.69) is 17.6 Å². The molecule has 2 N–H and O–H groups in total. The number of nitrogens with one attached hydrogen (secondary N) is 2. The van der Waals surface area contributed by atoms with Crippen LogP contribution in [0.1, 0.15) is 40.5 Å². The molecule has 0 unspecified atom stereocenters. The van der Waals surface area contributed by atoms with Gasteiger partial charge in [-0.05, 0) is 39.0 Å². The Labute approximate surface area is 105 Å². The smallest absolute Gasteiger partial charge is 0.207 e. The highest BCUT2D eigenvalue weighted by Gasteiger charge is 2.33. The molecule has 0 aromatic carbocycles. The zero-order chi connectivity index (χ0) is 13.4. The maximum Gasteiger partial charge on any atom is 0.207 e. The van der Waals surface area contributed by atoms with Gasteiger partial charge in [-0.1, -0.05) is 6.92 Å². The predicted octanol–water partition coefficient (Wildman–Crippen LogP) is 1.55. The summed E-state index contributed by atoms with van der Waals surface area (Å²) >= 11 is 0. The Bertz CT molecular complexity index is 202. The van der Waals surface area contributed by atoms with Gasteiger partial charge in [0.15, 0.2) is 0 Å². The van der Waals surface area contributed by atoms with Crippen molar-refractivity contribution in [1.82, 2.24) is 10.6 Å². The van der Waals surface area contributed by atoms with E-state index in [1.165, 1.54) is 6.42 Å². The molecular weight excluding hydrogens is 216 g/mol. The molecule has 4 nitrogen and oxygen atoms in total. The number of carbonyl (C=O) groups excluding carboxylic acids is 1. The van der Waals surface area contributed by atoms with Gasteiger partial charge in [-0.2, -0.15) is 0 Å². The van der Waals surface area contributed by atoms with E-state index in [1.54, 1.807) is 7.11 Å². The third kappa shape index (κ3) is 7.34. The summed E-state index contributed by atoms with van der Waals surface area (Å²) in [4.78, 5) is 9.96. The second-order valence-electron chi connectivity index (χ2n) is 5.60. The lowest BCUT2D eigenvalue weighted by Gasteiger charge is -2.42. The Kier molecular flexibility index (Phi) is 7.39. The highest BCUT2D eigenvalue weighted by molar-refractivity contribution is 5.45. The van der Waals surface area contributed by atoms with Crippen LogP contribution in [-0.2, 0) is 9.53 Å². The normalized spacial score (nSPS) is 17.5. The van der Waals surface area contributed by atoms with Crippen LogP contribution in [0.4, 0.5) is 0 Å². The van der Waals surface area contributed by atoms with Gasteiger partial charge in [-0.25, -0.2) is 0 Å². The standard InChI is InChI=1S/C8H16N2O.C5H12O/c1-2-8(5-10-6-8)3-4-9-7-11;1-5(2,3)6-4/h7,10H,2-6H2,1H3,(H,9,11);1-4H3. The minimum Gasteiger partial charge on any atom is -0.379 e. The van der Waals surface area contributed by atoms with E-state index in [0.717, 1.165) is 32.5 Å². The summed E-state index contributed by atoms with van der Waals surface area (Å²) in [6.45, 7) is 11.3. The molecule has 0 aromatic heterocycles. The predicted molar refractivity (Wildman–Crippen MR) is 71.0 cm³/mol. The summed E-state index contributed by atoms with van der Waals surface area (Å²) in [5.74, 6) is 0. The number of amides is 1. The number of rotatable bonds is 5. The van der Waals surface area contributed by atoms with Crippen LogP contribution in [0.5, 0.6) is 0 Å². The molecule has 0 atom stereocenters. The van der Waals surface area contributed by atoms with E-state index in [9.17, 15) is 4.79 Å². The number of hydrogen-bond acceptors (Lipinski definition) is 3. The number of methoxy groups -OCH3 is 1. The van der Waals surface area contributed by atoms with Gasteiger partial charge in [-0.15, -0.1) is 0 Å². The van der Waals surface area contributed by atoms with Crippen LogP contribution in [0.25, 0.3) is 0 Å². The first-order chi connectivity index (χ1) is 7.89. The largest absolute Gasteiger partial charge is 0.379 e. The molecule has 1 fully saturated rings. The fourth-order valence-corrected chi connectivity index (χ4v) is 1.48. The van der Waals surface area contributed by atoms with Crippen LogP contribution in [0.3, 0.4) is 0 Å². The molecule has 0 saturated carbocycles. The molecule has 102 valence electrons. The van der Waals surface area contributed by atoms with Crippen LogP contribution >= 0.6 is 0 Å². The van der Waals surface area contributed by atoms with E-state index in [-0.39, 0.29) is 5.60 Å². The molecule has 1 aliphatic heterocycles. The Morgan fingerprint density at radius 3 is 2.18 bits per heavy atom. The fraction of sp³-hybridized carbons (Fsp3) is 0.923. The van der Waals surface area contributed by atoms with Gasteiger partial charge in [0.2, 0.25) is 6.41 Å². The Balaban J connectivity index is 0.000000366. The second-order valence-corrected chi connectivity index (χ2v) is 5.60. The highest BCUT2D eigenvalue weighted by atomic mass is 16.5. The van der Waals surface area contributed by atoms with Crippen LogP contribution in [-0.4, -0.2) is 38.8 Å². The number of hydrogen-bond donors (Lipinski definition) is 2. The van der Waals surface area contributed by atoms with Gasteiger partial charge in [0, 0.05) is 26.7 Å². The van der Waals surface area contributed by atoms with E-state index < -0.39 is 0 Å². The molecule has 1 rings (SSSR count). The summed E-state index contributed by atoms with van der Waals surface area (Å²) in [7, 11) is 1.71. The highest BCUT2D eigenvalue weighted by Crippen LogP contribution is 2.29. The van der Waals surface area contributed by atoms with Crippen molar-refractivity contribution >= 4 is 6.41 Å². The van der Waals surface area contributed by atoms with Gasteiger partial charge in [0.05, 0.1) is 5.60 Å². The van der Waals surface area contributed by atoms with Crippen molar-refractivity contribution in [2.45, 2.75) is 46.1 Å². The molecule has 0 aliphatic carbocycles. The van der Waals surface area contributed by atoms with Gasteiger partial charge < -0.3 is 15.4 Å². The first kappa shape index (κ1) is 16.4. The van der Waals surface area contributed by atoms with Crippen molar-refractivity contribution in [3.8, 4) is 0 Å². The third-order valence-corrected chi connectivity index (χ3v) is 3.25. The van der Waals surface area contributed by atoms with Gasteiger partial charge in [-0.3, -0.25) is 4.79 Å². The van der Waals surface area contributed by atoms with E-state index in [4.69, 9.17) is 4.74 Å². The first-order valence-corrected chi connectivity index (χ1v) is 6.32. The molecular formula is C13H28N2O2. The van der Waals surface area contributed by atoms with Crippen molar-refractivity contribution in [3.63, 3.8) is 0 Å². The SMILES string of the molecule is CCC1(CCNC=O)CNC1.COC(C)(C)C. The number of ether oxygens (including phenoxy) is 1. The summed E-state index contributed by atoms with van der Waals surface area (Å²) in [6, 6.07) is 0. The average molecular weight is 244 g/mol. The maximum absolute atomic E-state index is 9.96. The lowest BCUT2D eigenvalue weighted by atomic mass is 9.76. The average Bonchev–Trinajstić information content (AvgIpc) is 2.22. The van der Waals surface area contributed by atoms with E-state index in [0.29, 0.717) is 5.41 Å². The van der Waals surface area contributed by atoms with E-state index in [1.807, 2.05) is 20.8 Å². The molecule has 0 aromatic rings. The van der Waals surface area contributed by atoms with Crippen molar-refractivity contribution < 1.29 is 9.53 Å². The third-order valence-electron chi connectivity index (χ3n) is 3.25. The van der Waals surface area contributed by atoms with Crippen LogP contribution in [0, 0.1) is 5.41 Å². The van der Waals surface area contributed by atoms with Gasteiger partial charge >= 0.3 is 0 Å². The zero-order valence-corrected chi connectivity index (χ0v) is 11.9. The topological polar surface area (TPSA) is 50.4 Å². The Hall–Kier alpha value is -0.610.